The van der Waals surface area contributed by atoms with Crippen molar-refractivity contribution < 1.29 is 17.9 Å². The number of halogens is 1. The Morgan fingerprint density at radius 2 is 2.03 bits per heavy atom. The van der Waals surface area contributed by atoms with Gasteiger partial charge in [0.15, 0.2) is 0 Å². The second-order valence-electron chi connectivity index (χ2n) is 6.36. The Labute approximate surface area is 176 Å². The van der Waals surface area contributed by atoms with Crippen LogP contribution < -0.4 is 0 Å². The third kappa shape index (κ3) is 3.73. The lowest BCUT2D eigenvalue weighted by molar-refractivity contribution is -0.140. The van der Waals surface area contributed by atoms with Gasteiger partial charge in [-0.3, -0.25) is 4.79 Å². The lowest BCUT2D eigenvalue weighted by Crippen LogP contribution is -2.16. The number of carbonyl (C=O) groups is 1. The highest BCUT2D eigenvalue weighted by molar-refractivity contribution is 7.90. The van der Waals surface area contributed by atoms with Gasteiger partial charge >= 0.3 is 5.97 Å². The minimum Gasteiger partial charge on any atom is -0.469 e. The van der Waals surface area contributed by atoms with Crippen molar-refractivity contribution in [2.45, 2.75) is 24.2 Å². The molecule has 0 aliphatic carbocycles. The van der Waals surface area contributed by atoms with Gasteiger partial charge in [-0.1, -0.05) is 11.6 Å². The zero-order chi connectivity index (χ0) is 20.6. The van der Waals surface area contributed by atoms with Gasteiger partial charge in [0.05, 0.1) is 38.8 Å². The van der Waals surface area contributed by atoms with Crippen molar-refractivity contribution in [1.82, 2.24) is 13.9 Å². The lowest BCUT2D eigenvalue weighted by atomic mass is 10.2. The number of fused-ring (bicyclic) bond motifs is 2. The standard InChI is InChI=1S/C19H16ClN3O4S2/c1-27-19(24)4-2-3-12-9-15-16(7-8-18(20)22-15)23(12)29(25,26)13-5-6-14-17(10-13)28-11-21-14/h5-11H,2-4H2,1H3. The second kappa shape index (κ2) is 7.74. The summed E-state index contributed by atoms with van der Waals surface area (Å²) in [5, 5.41) is 0.277. The number of aromatic nitrogens is 3. The summed E-state index contributed by atoms with van der Waals surface area (Å²) in [6.07, 6.45) is 1.00. The van der Waals surface area contributed by atoms with Gasteiger partial charge in [0.25, 0.3) is 10.0 Å². The van der Waals surface area contributed by atoms with E-state index in [1.165, 1.54) is 22.4 Å². The fraction of sp³-hybridized carbons (Fsp3) is 0.211. The quantitative estimate of drug-likeness (QED) is 0.326. The molecule has 0 bridgehead atoms. The maximum Gasteiger partial charge on any atom is 0.305 e. The number of hydrogen-bond donors (Lipinski definition) is 0. The molecule has 0 atom stereocenters. The van der Waals surface area contributed by atoms with E-state index in [1.807, 2.05) is 0 Å². The number of thiazole rings is 1. The molecule has 1 aromatic carbocycles. The van der Waals surface area contributed by atoms with Gasteiger partial charge in [0, 0.05) is 12.1 Å². The zero-order valence-electron chi connectivity index (χ0n) is 15.3. The largest absolute Gasteiger partial charge is 0.469 e. The zero-order valence-corrected chi connectivity index (χ0v) is 17.7. The van der Waals surface area contributed by atoms with Crippen LogP contribution in [0, 0.1) is 0 Å². The third-order valence-electron chi connectivity index (χ3n) is 4.53. The molecule has 0 N–H and O–H groups in total. The van der Waals surface area contributed by atoms with E-state index in [0.717, 1.165) is 10.2 Å². The SMILES string of the molecule is COC(=O)CCCc1cc2nc(Cl)ccc2n1S(=O)(=O)c1ccc2ncsc2c1. The molecule has 10 heteroatoms. The molecule has 0 saturated heterocycles. The number of pyridine rings is 1. The summed E-state index contributed by atoms with van der Waals surface area (Å²) in [5.74, 6) is -0.340. The summed E-state index contributed by atoms with van der Waals surface area (Å²) >= 11 is 7.37. The van der Waals surface area contributed by atoms with E-state index in [9.17, 15) is 13.2 Å². The Balaban J connectivity index is 1.83. The molecule has 29 heavy (non-hydrogen) atoms. The molecule has 0 fully saturated rings. The highest BCUT2D eigenvalue weighted by Gasteiger charge is 2.24. The lowest BCUT2D eigenvalue weighted by Gasteiger charge is -2.12. The Morgan fingerprint density at radius 3 is 2.83 bits per heavy atom. The summed E-state index contributed by atoms with van der Waals surface area (Å²) in [6.45, 7) is 0. The number of ether oxygens (including phenoxy) is 1. The first-order chi connectivity index (χ1) is 13.9. The Morgan fingerprint density at radius 1 is 1.21 bits per heavy atom. The van der Waals surface area contributed by atoms with E-state index in [4.69, 9.17) is 11.6 Å². The molecule has 0 aliphatic heterocycles. The van der Waals surface area contributed by atoms with Gasteiger partial charge in [0.2, 0.25) is 0 Å². The van der Waals surface area contributed by atoms with Crippen LogP contribution in [0.1, 0.15) is 18.5 Å². The first kappa shape index (κ1) is 19.8. The maximum absolute atomic E-state index is 13.5. The van der Waals surface area contributed by atoms with Gasteiger partial charge < -0.3 is 4.74 Å². The summed E-state index contributed by atoms with van der Waals surface area (Å²) in [7, 11) is -2.57. The fourth-order valence-electron chi connectivity index (χ4n) is 3.17. The number of rotatable bonds is 6. The maximum atomic E-state index is 13.5. The summed E-state index contributed by atoms with van der Waals surface area (Å²) < 4.78 is 33.8. The molecule has 3 heterocycles. The Hall–Kier alpha value is -2.49. The Kier molecular flexibility index (Phi) is 5.28. The number of esters is 1. The molecule has 0 amide bonds. The van der Waals surface area contributed by atoms with Crippen LogP contribution in [0.3, 0.4) is 0 Å². The van der Waals surface area contributed by atoms with Crippen molar-refractivity contribution >= 4 is 60.2 Å². The normalized spacial score (nSPS) is 11.9. The van der Waals surface area contributed by atoms with Crippen LogP contribution in [0.5, 0.6) is 0 Å². The molecule has 4 aromatic rings. The molecule has 0 saturated carbocycles. The smallest absolute Gasteiger partial charge is 0.305 e. The molecule has 0 aliphatic rings. The van der Waals surface area contributed by atoms with E-state index >= 15 is 0 Å². The number of hydrogen-bond acceptors (Lipinski definition) is 7. The van der Waals surface area contributed by atoms with Gasteiger partial charge in [-0.15, -0.1) is 11.3 Å². The summed E-state index contributed by atoms with van der Waals surface area (Å²) in [4.78, 5) is 20.0. The number of aryl methyl sites for hydroxylation is 1. The third-order valence-corrected chi connectivity index (χ3v) is 7.30. The van der Waals surface area contributed by atoms with E-state index in [-0.39, 0.29) is 22.4 Å². The minimum atomic E-state index is -3.90. The van der Waals surface area contributed by atoms with Crippen molar-refractivity contribution in [2.24, 2.45) is 0 Å². The number of benzene rings is 1. The first-order valence-electron chi connectivity index (χ1n) is 8.72. The van der Waals surface area contributed by atoms with Gasteiger partial charge in [-0.25, -0.2) is 22.4 Å². The van der Waals surface area contributed by atoms with E-state index in [2.05, 4.69) is 14.7 Å². The van der Waals surface area contributed by atoms with Crippen molar-refractivity contribution in [3.05, 3.63) is 52.8 Å². The van der Waals surface area contributed by atoms with Gasteiger partial charge in [-0.05, 0) is 49.2 Å². The molecule has 3 aromatic heterocycles. The highest BCUT2D eigenvalue weighted by Crippen LogP contribution is 2.29. The van der Waals surface area contributed by atoms with E-state index in [1.54, 1.807) is 41.9 Å². The summed E-state index contributed by atoms with van der Waals surface area (Å²) in [5.41, 5.74) is 3.87. The summed E-state index contributed by atoms with van der Waals surface area (Å²) in [6, 6.07) is 9.75. The topological polar surface area (TPSA) is 91.1 Å². The van der Waals surface area contributed by atoms with Gasteiger partial charge in [0.1, 0.15) is 5.15 Å². The molecule has 150 valence electrons. The van der Waals surface area contributed by atoms with Crippen LogP contribution in [0.15, 0.2) is 46.8 Å². The number of carbonyl (C=O) groups excluding carboxylic acids is 1. The molecule has 0 spiro atoms. The second-order valence-corrected chi connectivity index (χ2v) is 9.42. The van der Waals surface area contributed by atoms with Crippen molar-refractivity contribution in [1.29, 1.82) is 0 Å². The van der Waals surface area contributed by atoms with Crippen LogP contribution in [0.25, 0.3) is 21.3 Å². The number of methoxy groups -OCH3 is 1. The van der Waals surface area contributed by atoms with Crippen LogP contribution >= 0.6 is 22.9 Å². The molecular formula is C19H16ClN3O4S2. The van der Waals surface area contributed by atoms with E-state index in [0.29, 0.717) is 29.6 Å². The highest BCUT2D eigenvalue weighted by atomic mass is 35.5. The van der Waals surface area contributed by atoms with Crippen molar-refractivity contribution in [3.63, 3.8) is 0 Å². The molecule has 0 radical (unpaired) electrons. The minimum absolute atomic E-state index is 0.163. The Bertz CT molecular complexity index is 1330. The predicted molar refractivity (Wildman–Crippen MR) is 112 cm³/mol. The monoisotopic (exact) mass is 449 g/mol. The number of nitrogens with zero attached hydrogens (tertiary/aromatic N) is 3. The van der Waals surface area contributed by atoms with Crippen LogP contribution in [0.2, 0.25) is 5.15 Å². The van der Waals surface area contributed by atoms with E-state index < -0.39 is 10.0 Å². The average Bonchev–Trinajstić information content (AvgIpc) is 3.31. The van der Waals surface area contributed by atoms with Crippen molar-refractivity contribution in [3.8, 4) is 0 Å². The molecule has 4 rings (SSSR count). The van der Waals surface area contributed by atoms with Crippen LogP contribution in [-0.4, -0.2) is 35.4 Å². The average molecular weight is 450 g/mol. The van der Waals surface area contributed by atoms with Gasteiger partial charge in [-0.2, -0.15) is 0 Å². The fourth-order valence-corrected chi connectivity index (χ4v) is 5.70. The van der Waals surface area contributed by atoms with Crippen LogP contribution in [-0.2, 0) is 26.0 Å². The molecule has 7 nitrogen and oxygen atoms in total. The van der Waals surface area contributed by atoms with Crippen molar-refractivity contribution in [2.75, 3.05) is 7.11 Å². The first-order valence-corrected chi connectivity index (χ1v) is 11.4. The van der Waals surface area contributed by atoms with Crippen LogP contribution in [0.4, 0.5) is 0 Å². The molecular weight excluding hydrogens is 434 g/mol. The molecule has 0 unspecified atom stereocenters. The predicted octanol–water partition coefficient (Wildman–Crippen LogP) is 4.03.